The van der Waals surface area contributed by atoms with Crippen LogP contribution in [0.2, 0.25) is 0 Å². The first-order valence-corrected chi connectivity index (χ1v) is 13.7. The molecule has 0 atom stereocenters. The molecule has 3 aromatic carbocycles. The number of hydrogen-bond acceptors (Lipinski definition) is 6. The standard InChI is InChI=1S/C30H31F6N5O4/c1-44-14-9-37-27(42)23-18-21(38-28(43)39-22-16-19(29(31,32)33)15-20(17-22)30(34,35)36)7-8-24(23)40-10-12-41(13-11-40)25-5-3-4-6-26(25)45-2/h3-8,15-18H,9-14H2,1-2H3,(H,37,42)(H2,38,39,43). The van der Waals surface area contributed by atoms with Crippen LogP contribution in [0.15, 0.2) is 60.7 Å². The highest BCUT2D eigenvalue weighted by Gasteiger charge is 2.37. The van der Waals surface area contributed by atoms with E-state index < -0.39 is 41.1 Å². The fourth-order valence-electron chi connectivity index (χ4n) is 4.83. The van der Waals surface area contributed by atoms with Crippen LogP contribution >= 0.6 is 0 Å². The van der Waals surface area contributed by atoms with E-state index in [0.717, 1.165) is 11.4 Å². The molecule has 9 nitrogen and oxygen atoms in total. The minimum absolute atomic E-state index is 0.0353. The average molecular weight is 640 g/mol. The number of alkyl halides is 6. The minimum Gasteiger partial charge on any atom is -0.495 e. The lowest BCUT2D eigenvalue weighted by atomic mass is 10.1. The van der Waals surface area contributed by atoms with Gasteiger partial charge >= 0.3 is 18.4 Å². The van der Waals surface area contributed by atoms with Gasteiger partial charge in [0, 0.05) is 56.9 Å². The molecule has 1 saturated heterocycles. The summed E-state index contributed by atoms with van der Waals surface area (Å²) in [6.07, 6.45) is -10.2. The van der Waals surface area contributed by atoms with E-state index in [9.17, 15) is 35.9 Å². The maximum atomic E-state index is 13.2. The summed E-state index contributed by atoms with van der Waals surface area (Å²) in [5.74, 6) is 0.267. The van der Waals surface area contributed by atoms with Crippen molar-refractivity contribution in [1.29, 1.82) is 0 Å². The molecule has 0 unspecified atom stereocenters. The predicted molar refractivity (Wildman–Crippen MR) is 157 cm³/mol. The van der Waals surface area contributed by atoms with Gasteiger partial charge in [-0.25, -0.2) is 4.79 Å². The summed E-state index contributed by atoms with van der Waals surface area (Å²) in [6, 6.07) is 11.8. The highest BCUT2D eigenvalue weighted by atomic mass is 19.4. The number of piperazine rings is 1. The number of benzene rings is 3. The van der Waals surface area contributed by atoms with Gasteiger partial charge in [-0.3, -0.25) is 4.79 Å². The Morgan fingerprint density at radius 2 is 1.33 bits per heavy atom. The second-order valence-corrected chi connectivity index (χ2v) is 10.0. The Labute approximate surface area is 255 Å². The molecule has 0 saturated carbocycles. The summed E-state index contributed by atoms with van der Waals surface area (Å²) < 4.78 is 89.9. The first-order chi connectivity index (χ1) is 21.3. The summed E-state index contributed by atoms with van der Waals surface area (Å²) in [4.78, 5) is 30.0. The van der Waals surface area contributed by atoms with E-state index in [1.165, 1.54) is 19.2 Å². The van der Waals surface area contributed by atoms with Crippen LogP contribution in [-0.2, 0) is 17.1 Å². The van der Waals surface area contributed by atoms with Gasteiger partial charge in [-0.05, 0) is 48.5 Å². The maximum Gasteiger partial charge on any atom is 0.416 e. The molecule has 0 aromatic heterocycles. The van der Waals surface area contributed by atoms with Gasteiger partial charge in [0.15, 0.2) is 0 Å². The van der Waals surface area contributed by atoms with Crippen LogP contribution in [0.3, 0.4) is 0 Å². The van der Waals surface area contributed by atoms with E-state index in [4.69, 9.17) is 9.47 Å². The van der Waals surface area contributed by atoms with E-state index >= 15 is 0 Å². The van der Waals surface area contributed by atoms with Crippen molar-refractivity contribution in [2.45, 2.75) is 12.4 Å². The summed E-state index contributed by atoms with van der Waals surface area (Å²) in [5, 5.41) is 7.13. The maximum absolute atomic E-state index is 13.2. The number of nitrogens with zero attached hydrogens (tertiary/aromatic N) is 2. The lowest BCUT2D eigenvalue weighted by Gasteiger charge is -2.38. The largest absolute Gasteiger partial charge is 0.495 e. The van der Waals surface area contributed by atoms with Gasteiger partial charge in [-0.2, -0.15) is 26.3 Å². The summed E-state index contributed by atoms with van der Waals surface area (Å²) in [7, 11) is 3.07. The molecule has 0 spiro atoms. The van der Waals surface area contributed by atoms with Gasteiger partial charge < -0.3 is 35.2 Å². The SMILES string of the molecule is COCCNC(=O)c1cc(NC(=O)Nc2cc(C(F)(F)F)cc(C(F)(F)F)c2)ccc1N1CCN(c2ccccc2OC)CC1. The van der Waals surface area contributed by atoms with E-state index in [-0.39, 0.29) is 30.5 Å². The Balaban J connectivity index is 1.54. The number of amides is 3. The highest BCUT2D eigenvalue weighted by Crippen LogP contribution is 2.38. The molecule has 3 aromatic rings. The number of hydrogen-bond donors (Lipinski definition) is 3. The zero-order valence-electron chi connectivity index (χ0n) is 24.3. The van der Waals surface area contributed by atoms with Crippen molar-refractivity contribution in [2.24, 2.45) is 0 Å². The minimum atomic E-state index is -5.08. The first kappa shape index (κ1) is 33.2. The number of nitrogens with one attached hydrogen (secondary N) is 3. The fourth-order valence-corrected chi connectivity index (χ4v) is 4.83. The van der Waals surface area contributed by atoms with Gasteiger partial charge in [-0.1, -0.05) is 12.1 Å². The molecule has 1 heterocycles. The molecule has 4 rings (SSSR count). The Kier molecular flexibility index (Phi) is 10.3. The number of anilines is 4. The molecular formula is C30H31F6N5O4. The average Bonchev–Trinajstić information content (AvgIpc) is 3.00. The molecular weight excluding hydrogens is 608 g/mol. The molecule has 1 aliphatic rings. The number of carbonyl (C=O) groups is 2. The van der Waals surface area contributed by atoms with Crippen molar-refractivity contribution in [2.75, 3.05) is 74.0 Å². The lowest BCUT2D eigenvalue weighted by molar-refractivity contribution is -0.143. The number of urea groups is 1. The van der Waals surface area contributed by atoms with Crippen LogP contribution in [0.25, 0.3) is 0 Å². The van der Waals surface area contributed by atoms with Gasteiger partial charge in [-0.15, -0.1) is 0 Å². The number of ether oxygens (including phenoxy) is 2. The second-order valence-electron chi connectivity index (χ2n) is 10.0. The molecule has 1 aliphatic heterocycles. The predicted octanol–water partition coefficient (Wildman–Crippen LogP) is 6.08. The number of carbonyl (C=O) groups excluding carboxylic acids is 2. The Morgan fingerprint density at radius 3 is 1.91 bits per heavy atom. The lowest BCUT2D eigenvalue weighted by Crippen LogP contribution is -2.47. The monoisotopic (exact) mass is 639 g/mol. The quantitative estimate of drug-likeness (QED) is 0.194. The van der Waals surface area contributed by atoms with E-state index in [1.807, 2.05) is 34.5 Å². The molecule has 1 fully saturated rings. The summed E-state index contributed by atoms with van der Waals surface area (Å²) in [5.41, 5.74) is -2.06. The number of rotatable bonds is 9. The molecule has 242 valence electrons. The summed E-state index contributed by atoms with van der Waals surface area (Å²) >= 11 is 0. The van der Waals surface area contributed by atoms with Crippen LogP contribution in [0, 0.1) is 0 Å². The second kappa shape index (κ2) is 14.0. The van der Waals surface area contributed by atoms with Crippen LogP contribution in [0.4, 0.5) is 53.9 Å². The molecule has 0 bridgehead atoms. The Bertz CT molecular complexity index is 1470. The van der Waals surface area contributed by atoms with Crippen molar-refractivity contribution >= 4 is 34.7 Å². The summed E-state index contributed by atoms with van der Waals surface area (Å²) in [6.45, 7) is 2.76. The molecule has 3 N–H and O–H groups in total. The van der Waals surface area contributed by atoms with Crippen LogP contribution < -0.4 is 30.5 Å². The molecule has 0 radical (unpaired) electrons. The normalized spacial score (nSPS) is 13.8. The van der Waals surface area contributed by atoms with E-state index in [0.29, 0.717) is 44.0 Å². The molecule has 3 amide bonds. The third-order valence-electron chi connectivity index (χ3n) is 6.98. The van der Waals surface area contributed by atoms with Crippen molar-refractivity contribution in [1.82, 2.24) is 5.32 Å². The third kappa shape index (κ3) is 8.50. The number of para-hydroxylation sites is 2. The Hall–Kier alpha value is -4.66. The van der Waals surface area contributed by atoms with Crippen LogP contribution in [-0.4, -0.2) is 65.5 Å². The van der Waals surface area contributed by atoms with Gasteiger partial charge in [0.25, 0.3) is 5.91 Å². The van der Waals surface area contributed by atoms with Gasteiger partial charge in [0.05, 0.1) is 36.1 Å². The smallest absolute Gasteiger partial charge is 0.416 e. The van der Waals surface area contributed by atoms with Gasteiger partial charge in [0.2, 0.25) is 0 Å². The zero-order chi connectivity index (χ0) is 32.8. The van der Waals surface area contributed by atoms with E-state index in [2.05, 4.69) is 15.5 Å². The zero-order valence-corrected chi connectivity index (χ0v) is 24.3. The van der Waals surface area contributed by atoms with Crippen molar-refractivity contribution in [3.63, 3.8) is 0 Å². The molecule has 15 heteroatoms. The van der Waals surface area contributed by atoms with Gasteiger partial charge in [0.1, 0.15) is 5.75 Å². The Morgan fingerprint density at radius 1 is 0.756 bits per heavy atom. The molecule has 45 heavy (non-hydrogen) atoms. The number of methoxy groups -OCH3 is 2. The third-order valence-corrected chi connectivity index (χ3v) is 6.98. The van der Waals surface area contributed by atoms with Crippen molar-refractivity contribution in [3.8, 4) is 5.75 Å². The fraction of sp³-hybridized carbons (Fsp3) is 0.333. The highest BCUT2D eigenvalue weighted by molar-refractivity contribution is 6.04. The van der Waals surface area contributed by atoms with Crippen LogP contribution in [0.5, 0.6) is 5.75 Å². The topological polar surface area (TPSA) is 95.2 Å². The molecule has 0 aliphatic carbocycles. The van der Waals surface area contributed by atoms with Crippen molar-refractivity contribution < 1.29 is 45.4 Å². The number of halogens is 6. The van der Waals surface area contributed by atoms with Crippen LogP contribution in [0.1, 0.15) is 21.5 Å². The van der Waals surface area contributed by atoms with Crippen molar-refractivity contribution in [3.05, 3.63) is 77.4 Å². The van der Waals surface area contributed by atoms with E-state index in [1.54, 1.807) is 13.2 Å². The first-order valence-electron chi connectivity index (χ1n) is 13.7.